The molecule has 0 bridgehead atoms. The van der Waals surface area contributed by atoms with Crippen molar-refractivity contribution in [1.82, 2.24) is 24.6 Å². The molecule has 0 aliphatic carbocycles. The normalized spacial score (nSPS) is 16.3. The molecule has 0 saturated heterocycles. The number of aliphatic hydroxyl groups is 1. The summed E-state index contributed by atoms with van der Waals surface area (Å²) >= 11 is 0. The molecular weight excluding hydrogens is 302 g/mol. The van der Waals surface area contributed by atoms with Crippen molar-refractivity contribution in [3.63, 3.8) is 0 Å². The van der Waals surface area contributed by atoms with E-state index in [0.29, 0.717) is 13.1 Å². The van der Waals surface area contributed by atoms with Crippen molar-refractivity contribution in [3.8, 4) is 0 Å². The Morgan fingerprint density at radius 3 is 2.75 bits per heavy atom. The molecule has 2 heterocycles. The van der Waals surface area contributed by atoms with E-state index in [1.165, 1.54) is 5.56 Å². The summed E-state index contributed by atoms with van der Waals surface area (Å²) in [6, 6.07) is 10.4. The standard InChI is InChI=1S/C18H27N5O/c1-3-17-19-20-18-14-22(9-10-23(17)18)13-16(24)12-21(2)11-15-7-5-4-6-8-15/h4-8,16,24H,3,9-14H2,1-2H3/t16-/m1/s1. The first-order valence-electron chi connectivity index (χ1n) is 8.69. The van der Waals surface area contributed by atoms with Gasteiger partial charge in [-0.3, -0.25) is 9.80 Å². The number of aliphatic hydroxyl groups excluding tert-OH is 1. The van der Waals surface area contributed by atoms with Crippen molar-refractivity contribution in [3.05, 3.63) is 47.5 Å². The fourth-order valence-corrected chi connectivity index (χ4v) is 3.36. The van der Waals surface area contributed by atoms with Crippen molar-refractivity contribution in [2.75, 3.05) is 26.7 Å². The maximum Gasteiger partial charge on any atom is 0.147 e. The third-order valence-corrected chi connectivity index (χ3v) is 4.51. The highest BCUT2D eigenvalue weighted by Crippen LogP contribution is 2.13. The highest BCUT2D eigenvalue weighted by Gasteiger charge is 2.22. The fraction of sp³-hybridized carbons (Fsp3) is 0.556. The predicted molar refractivity (Wildman–Crippen MR) is 93.5 cm³/mol. The van der Waals surface area contributed by atoms with Crippen LogP contribution < -0.4 is 0 Å². The van der Waals surface area contributed by atoms with Gasteiger partial charge in [0.2, 0.25) is 0 Å². The minimum Gasteiger partial charge on any atom is -0.390 e. The number of rotatable bonds is 7. The van der Waals surface area contributed by atoms with Crippen LogP contribution in [0.5, 0.6) is 0 Å². The molecule has 0 radical (unpaired) electrons. The van der Waals surface area contributed by atoms with Crippen LogP contribution in [-0.4, -0.2) is 62.5 Å². The lowest BCUT2D eigenvalue weighted by atomic mass is 10.2. The second-order valence-corrected chi connectivity index (χ2v) is 6.61. The van der Waals surface area contributed by atoms with Gasteiger partial charge in [-0.2, -0.15) is 0 Å². The maximum atomic E-state index is 10.4. The number of aryl methyl sites for hydroxylation is 1. The molecule has 0 spiro atoms. The minimum atomic E-state index is -0.362. The Morgan fingerprint density at radius 2 is 2.00 bits per heavy atom. The maximum absolute atomic E-state index is 10.4. The molecule has 6 nitrogen and oxygen atoms in total. The van der Waals surface area contributed by atoms with Gasteiger partial charge < -0.3 is 9.67 Å². The van der Waals surface area contributed by atoms with Crippen LogP contribution in [0, 0.1) is 0 Å². The topological polar surface area (TPSA) is 57.4 Å². The van der Waals surface area contributed by atoms with Gasteiger partial charge in [-0.15, -0.1) is 10.2 Å². The molecule has 1 aliphatic heterocycles. The first-order chi connectivity index (χ1) is 11.7. The highest BCUT2D eigenvalue weighted by molar-refractivity contribution is 5.14. The highest BCUT2D eigenvalue weighted by atomic mass is 16.3. The largest absolute Gasteiger partial charge is 0.390 e. The molecular formula is C18H27N5O. The molecule has 0 amide bonds. The quantitative estimate of drug-likeness (QED) is 0.826. The van der Waals surface area contributed by atoms with E-state index in [-0.39, 0.29) is 6.10 Å². The second-order valence-electron chi connectivity index (χ2n) is 6.61. The minimum absolute atomic E-state index is 0.362. The van der Waals surface area contributed by atoms with Gasteiger partial charge in [0.1, 0.15) is 11.6 Å². The predicted octanol–water partition coefficient (Wildman–Crippen LogP) is 1.15. The van der Waals surface area contributed by atoms with Gasteiger partial charge in [0.15, 0.2) is 0 Å². The average molecular weight is 329 g/mol. The molecule has 3 rings (SSSR count). The molecule has 6 heteroatoms. The van der Waals surface area contributed by atoms with Crippen LogP contribution in [0.25, 0.3) is 0 Å². The molecule has 0 unspecified atom stereocenters. The summed E-state index contributed by atoms with van der Waals surface area (Å²) in [7, 11) is 2.05. The molecule has 1 atom stereocenters. The lowest BCUT2D eigenvalue weighted by Gasteiger charge is -2.30. The van der Waals surface area contributed by atoms with Gasteiger partial charge in [-0.25, -0.2) is 0 Å². The molecule has 24 heavy (non-hydrogen) atoms. The second kappa shape index (κ2) is 7.88. The zero-order valence-electron chi connectivity index (χ0n) is 14.6. The van der Waals surface area contributed by atoms with E-state index in [1.54, 1.807) is 0 Å². The van der Waals surface area contributed by atoms with E-state index in [4.69, 9.17) is 0 Å². The number of β-amino-alcohol motifs (C(OH)–C–C–N with tert-alkyl or cyclic N) is 1. The number of fused-ring (bicyclic) bond motifs is 1. The van der Waals surface area contributed by atoms with E-state index in [0.717, 1.165) is 44.2 Å². The van der Waals surface area contributed by atoms with Crippen molar-refractivity contribution in [2.24, 2.45) is 0 Å². The van der Waals surface area contributed by atoms with Crippen molar-refractivity contribution in [2.45, 2.75) is 39.1 Å². The van der Waals surface area contributed by atoms with Crippen LogP contribution in [-0.2, 0) is 26.1 Å². The Bertz CT molecular complexity index is 642. The Labute approximate surface area is 143 Å². The lowest BCUT2D eigenvalue weighted by molar-refractivity contribution is 0.0686. The average Bonchev–Trinajstić information content (AvgIpc) is 2.97. The molecule has 2 aromatic rings. The van der Waals surface area contributed by atoms with E-state index in [1.807, 2.05) is 18.2 Å². The lowest BCUT2D eigenvalue weighted by Crippen LogP contribution is -2.42. The molecule has 0 fully saturated rings. The molecule has 1 aromatic carbocycles. The smallest absolute Gasteiger partial charge is 0.147 e. The van der Waals surface area contributed by atoms with Crippen molar-refractivity contribution < 1.29 is 5.11 Å². The summed E-state index contributed by atoms with van der Waals surface area (Å²) in [5, 5.41) is 18.9. The van der Waals surface area contributed by atoms with E-state index < -0.39 is 0 Å². The van der Waals surface area contributed by atoms with Gasteiger partial charge in [-0.05, 0) is 12.6 Å². The summed E-state index contributed by atoms with van der Waals surface area (Å²) in [6.45, 7) is 6.93. The van der Waals surface area contributed by atoms with Crippen LogP contribution in [0.4, 0.5) is 0 Å². The molecule has 1 aliphatic rings. The summed E-state index contributed by atoms with van der Waals surface area (Å²) in [5.41, 5.74) is 1.27. The summed E-state index contributed by atoms with van der Waals surface area (Å²) < 4.78 is 2.21. The van der Waals surface area contributed by atoms with Crippen LogP contribution in [0.3, 0.4) is 0 Å². The molecule has 0 saturated carbocycles. The first kappa shape index (κ1) is 17.1. The number of benzene rings is 1. The third kappa shape index (κ3) is 4.20. The molecule has 130 valence electrons. The zero-order chi connectivity index (χ0) is 16.9. The van der Waals surface area contributed by atoms with E-state index >= 15 is 0 Å². The number of likely N-dealkylation sites (N-methyl/N-ethyl adjacent to an activating group) is 1. The number of hydrogen-bond acceptors (Lipinski definition) is 5. The van der Waals surface area contributed by atoms with E-state index in [2.05, 4.69) is 50.7 Å². The summed E-state index contributed by atoms with van der Waals surface area (Å²) in [5.74, 6) is 2.08. The van der Waals surface area contributed by atoms with Gasteiger partial charge in [0.25, 0.3) is 0 Å². The van der Waals surface area contributed by atoms with Gasteiger partial charge in [-0.1, -0.05) is 37.3 Å². The Kier molecular flexibility index (Phi) is 5.60. The van der Waals surface area contributed by atoms with Gasteiger partial charge in [0, 0.05) is 39.1 Å². The van der Waals surface area contributed by atoms with Gasteiger partial charge in [0.05, 0.1) is 12.6 Å². The number of aromatic nitrogens is 3. The van der Waals surface area contributed by atoms with Gasteiger partial charge >= 0.3 is 0 Å². The number of nitrogens with zero attached hydrogens (tertiary/aromatic N) is 5. The zero-order valence-corrected chi connectivity index (χ0v) is 14.6. The molecule has 1 N–H and O–H groups in total. The van der Waals surface area contributed by atoms with Crippen LogP contribution in [0.2, 0.25) is 0 Å². The Hall–Kier alpha value is -1.76. The fourth-order valence-electron chi connectivity index (χ4n) is 3.36. The monoisotopic (exact) mass is 329 g/mol. The Morgan fingerprint density at radius 1 is 1.21 bits per heavy atom. The summed E-state index contributed by atoms with van der Waals surface area (Å²) in [6.07, 6.45) is 0.554. The summed E-state index contributed by atoms with van der Waals surface area (Å²) in [4.78, 5) is 4.44. The first-order valence-corrected chi connectivity index (χ1v) is 8.69. The Balaban J connectivity index is 1.47. The van der Waals surface area contributed by atoms with Crippen molar-refractivity contribution >= 4 is 0 Å². The van der Waals surface area contributed by atoms with E-state index in [9.17, 15) is 5.11 Å². The SMILES string of the molecule is CCc1nnc2n1CCN(C[C@H](O)CN(C)Cc1ccccc1)C2. The van der Waals surface area contributed by atoms with Crippen molar-refractivity contribution in [1.29, 1.82) is 0 Å². The molecule has 1 aromatic heterocycles. The van der Waals surface area contributed by atoms with Crippen LogP contribution in [0.1, 0.15) is 24.1 Å². The van der Waals surface area contributed by atoms with Crippen LogP contribution in [0.15, 0.2) is 30.3 Å². The number of hydrogen-bond donors (Lipinski definition) is 1. The van der Waals surface area contributed by atoms with Crippen LogP contribution >= 0.6 is 0 Å². The third-order valence-electron chi connectivity index (χ3n) is 4.51.